The van der Waals surface area contributed by atoms with Gasteiger partial charge in [-0.15, -0.1) is 0 Å². The Morgan fingerprint density at radius 1 is 1.35 bits per heavy atom. The number of hydrogen-bond acceptors (Lipinski definition) is 3. The van der Waals surface area contributed by atoms with Crippen LogP contribution < -0.4 is 0 Å². The van der Waals surface area contributed by atoms with Crippen LogP contribution in [0.1, 0.15) is 16.8 Å². The van der Waals surface area contributed by atoms with Gasteiger partial charge in [0.1, 0.15) is 5.82 Å². The van der Waals surface area contributed by atoms with Gasteiger partial charge in [0, 0.05) is 25.6 Å². The van der Waals surface area contributed by atoms with Gasteiger partial charge in [-0.2, -0.15) is 0 Å². The Kier molecular flexibility index (Phi) is 4.25. The summed E-state index contributed by atoms with van der Waals surface area (Å²) in [7, 11) is 0. The van der Waals surface area contributed by atoms with Crippen LogP contribution in [0.2, 0.25) is 10.0 Å². The molecule has 23 heavy (non-hydrogen) atoms. The molecule has 2 heterocycles. The fourth-order valence-electron chi connectivity index (χ4n) is 3.31. The third kappa shape index (κ3) is 2.69. The van der Waals surface area contributed by atoms with Gasteiger partial charge in [-0.3, -0.25) is 9.59 Å². The SMILES string of the molecule is O=C(c1cc(F)c(Cl)cc1Cl)N1C[C@H]2COCC[C@@]2(C(=O)O)C1. The first-order valence-electron chi connectivity index (χ1n) is 7.10. The molecule has 1 N–H and O–H groups in total. The Morgan fingerprint density at radius 2 is 2.09 bits per heavy atom. The minimum atomic E-state index is -1.01. The summed E-state index contributed by atoms with van der Waals surface area (Å²) in [4.78, 5) is 25.8. The van der Waals surface area contributed by atoms with Gasteiger partial charge >= 0.3 is 5.97 Å². The fourth-order valence-corrected chi connectivity index (χ4v) is 3.78. The number of nitrogens with zero attached hydrogens (tertiary/aromatic N) is 1. The van der Waals surface area contributed by atoms with Gasteiger partial charge in [0.25, 0.3) is 5.91 Å². The van der Waals surface area contributed by atoms with Crippen molar-refractivity contribution in [2.24, 2.45) is 11.3 Å². The number of rotatable bonds is 2. The molecule has 1 aromatic rings. The van der Waals surface area contributed by atoms with E-state index < -0.39 is 23.1 Å². The molecule has 2 aliphatic heterocycles. The first-order chi connectivity index (χ1) is 10.8. The number of carbonyl (C=O) groups excluding carboxylic acids is 1. The van der Waals surface area contributed by atoms with Crippen molar-refractivity contribution >= 4 is 35.1 Å². The highest BCUT2D eigenvalue weighted by molar-refractivity contribution is 6.36. The van der Waals surface area contributed by atoms with Crippen LogP contribution in [0.15, 0.2) is 12.1 Å². The second kappa shape index (κ2) is 5.92. The van der Waals surface area contributed by atoms with Gasteiger partial charge < -0.3 is 14.7 Å². The predicted molar refractivity (Wildman–Crippen MR) is 81.3 cm³/mol. The summed E-state index contributed by atoms with van der Waals surface area (Å²) in [5, 5.41) is 9.48. The molecule has 2 atom stereocenters. The van der Waals surface area contributed by atoms with Crippen molar-refractivity contribution in [2.45, 2.75) is 6.42 Å². The number of amides is 1. The summed E-state index contributed by atoms with van der Waals surface area (Å²) < 4.78 is 19.0. The zero-order valence-corrected chi connectivity index (χ0v) is 13.5. The number of fused-ring (bicyclic) bond motifs is 1. The van der Waals surface area contributed by atoms with E-state index in [-0.39, 0.29) is 34.6 Å². The molecule has 2 aliphatic rings. The second-order valence-corrected chi connectivity index (χ2v) is 6.73. The summed E-state index contributed by atoms with van der Waals surface area (Å²) in [6.07, 6.45) is 0.347. The first kappa shape index (κ1) is 16.5. The van der Waals surface area contributed by atoms with E-state index in [2.05, 4.69) is 0 Å². The summed E-state index contributed by atoms with van der Waals surface area (Å²) >= 11 is 11.6. The van der Waals surface area contributed by atoms with Crippen LogP contribution in [0.25, 0.3) is 0 Å². The average Bonchev–Trinajstić information content (AvgIpc) is 2.91. The topological polar surface area (TPSA) is 66.8 Å². The van der Waals surface area contributed by atoms with Gasteiger partial charge in [-0.05, 0) is 18.6 Å². The number of carbonyl (C=O) groups is 2. The van der Waals surface area contributed by atoms with Gasteiger partial charge in [0.05, 0.1) is 27.6 Å². The highest BCUT2D eigenvalue weighted by Gasteiger charge is 2.55. The highest BCUT2D eigenvalue weighted by atomic mass is 35.5. The quantitative estimate of drug-likeness (QED) is 0.822. The van der Waals surface area contributed by atoms with E-state index in [0.717, 1.165) is 6.07 Å². The number of ether oxygens (including phenoxy) is 1. The van der Waals surface area contributed by atoms with Crippen molar-refractivity contribution in [1.82, 2.24) is 4.90 Å². The Bertz CT molecular complexity index is 684. The van der Waals surface area contributed by atoms with Crippen LogP contribution in [-0.2, 0) is 9.53 Å². The van der Waals surface area contributed by atoms with Crippen molar-refractivity contribution in [2.75, 3.05) is 26.3 Å². The molecular formula is C15H14Cl2FNO4. The van der Waals surface area contributed by atoms with Gasteiger partial charge in [-0.25, -0.2) is 4.39 Å². The Morgan fingerprint density at radius 3 is 2.74 bits per heavy atom. The molecule has 1 aromatic carbocycles. The summed E-state index contributed by atoms with van der Waals surface area (Å²) in [5.74, 6) is -2.46. The van der Waals surface area contributed by atoms with Crippen molar-refractivity contribution < 1.29 is 23.8 Å². The number of aliphatic carboxylic acids is 1. The van der Waals surface area contributed by atoms with Crippen molar-refractivity contribution in [3.05, 3.63) is 33.6 Å². The largest absolute Gasteiger partial charge is 0.481 e. The molecule has 0 saturated carbocycles. The highest BCUT2D eigenvalue weighted by Crippen LogP contribution is 2.43. The Balaban J connectivity index is 1.90. The van der Waals surface area contributed by atoms with E-state index in [1.165, 1.54) is 11.0 Å². The van der Waals surface area contributed by atoms with Crippen LogP contribution in [0.3, 0.4) is 0 Å². The fraction of sp³-hybridized carbons (Fsp3) is 0.467. The predicted octanol–water partition coefficient (Wildman–Crippen LogP) is 2.70. The zero-order chi connectivity index (χ0) is 16.8. The normalized spacial score (nSPS) is 26.9. The maximum Gasteiger partial charge on any atom is 0.311 e. The molecule has 0 spiro atoms. The van der Waals surface area contributed by atoms with Crippen LogP contribution >= 0.6 is 23.2 Å². The Hall–Kier alpha value is -1.37. The number of carboxylic acids is 1. The number of likely N-dealkylation sites (tertiary alicyclic amines) is 1. The van der Waals surface area contributed by atoms with Crippen LogP contribution in [0.4, 0.5) is 4.39 Å². The maximum atomic E-state index is 13.6. The molecule has 1 amide bonds. The molecule has 124 valence electrons. The van der Waals surface area contributed by atoms with E-state index in [9.17, 15) is 19.1 Å². The monoisotopic (exact) mass is 361 g/mol. The Labute approximate surface area is 141 Å². The molecule has 0 aromatic heterocycles. The van der Waals surface area contributed by atoms with Crippen molar-refractivity contribution in [3.63, 3.8) is 0 Å². The summed E-state index contributed by atoms with van der Waals surface area (Å²) in [6.45, 7) is 0.946. The minimum Gasteiger partial charge on any atom is -0.481 e. The molecule has 0 bridgehead atoms. The van der Waals surface area contributed by atoms with Crippen LogP contribution in [0, 0.1) is 17.2 Å². The standard InChI is InChI=1S/C15H14Cl2FNO4/c16-10-4-11(17)12(18)3-9(10)13(20)19-5-8-6-23-2-1-15(8,7-19)14(21)22/h3-4,8H,1-2,5-7H2,(H,21,22)/t8-,15+/m0/s1. The lowest BCUT2D eigenvalue weighted by molar-refractivity contribution is -0.157. The lowest BCUT2D eigenvalue weighted by Gasteiger charge is -2.33. The molecular weight excluding hydrogens is 348 g/mol. The van der Waals surface area contributed by atoms with E-state index in [0.29, 0.717) is 19.6 Å². The van der Waals surface area contributed by atoms with E-state index >= 15 is 0 Å². The van der Waals surface area contributed by atoms with E-state index in [1.54, 1.807) is 0 Å². The molecule has 3 rings (SSSR count). The van der Waals surface area contributed by atoms with Gasteiger partial charge in [0.2, 0.25) is 0 Å². The first-order valence-corrected chi connectivity index (χ1v) is 7.86. The third-order valence-corrected chi connectivity index (χ3v) is 5.26. The summed E-state index contributed by atoms with van der Waals surface area (Å²) in [5.41, 5.74) is -1.03. The van der Waals surface area contributed by atoms with Crippen molar-refractivity contribution in [3.8, 4) is 0 Å². The molecule has 0 radical (unpaired) electrons. The van der Waals surface area contributed by atoms with Gasteiger partial charge in [-0.1, -0.05) is 23.2 Å². The number of carboxylic acid groups (broad SMARTS) is 1. The molecule has 5 nitrogen and oxygen atoms in total. The average molecular weight is 362 g/mol. The van der Waals surface area contributed by atoms with E-state index in [4.69, 9.17) is 27.9 Å². The lowest BCUT2D eigenvalue weighted by atomic mass is 9.74. The maximum absolute atomic E-state index is 13.6. The molecule has 0 aliphatic carbocycles. The lowest BCUT2D eigenvalue weighted by Crippen LogP contribution is -2.45. The van der Waals surface area contributed by atoms with Crippen LogP contribution in [-0.4, -0.2) is 48.2 Å². The molecule has 2 saturated heterocycles. The third-order valence-electron chi connectivity index (χ3n) is 4.66. The summed E-state index contributed by atoms with van der Waals surface area (Å²) in [6, 6.07) is 2.16. The molecule has 8 heteroatoms. The molecule has 0 unspecified atom stereocenters. The van der Waals surface area contributed by atoms with Crippen molar-refractivity contribution in [1.29, 1.82) is 0 Å². The minimum absolute atomic E-state index is 0.0197. The number of hydrogen-bond donors (Lipinski definition) is 1. The van der Waals surface area contributed by atoms with Crippen LogP contribution in [0.5, 0.6) is 0 Å². The number of halogens is 3. The molecule has 2 fully saturated rings. The van der Waals surface area contributed by atoms with E-state index in [1.807, 2.05) is 0 Å². The van der Waals surface area contributed by atoms with Gasteiger partial charge in [0.15, 0.2) is 0 Å². The smallest absolute Gasteiger partial charge is 0.311 e. The second-order valence-electron chi connectivity index (χ2n) is 5.91. The zero-order valence-electron chi connectivity index (χ0n) is 12.0. The number of benzene rings is 1.